The number of rotatable bonds is 5. The Morgan fingerprint density at radius 3 is 2.62 bits per heavy atom. The van der Waals surface area contributed by atoms with Gasteiger partial charge >= 0.3 is 6.09 Å². The summed E-state index contributed by atoms with van der Waals surface area (Å²) in [6.45, 7) is 4.47. The summed E-state index contributed by atoms with van der Waals surface area (Å²) in [5, 5.41) is 11.2. The average Bonchev–Trinajstić information content (AvgIpc) is 2.37. The van der Waals surface area contributed by atoms with Crippen molar-refractivity contribution >= 4 is 6.09 Å². The van der Waals surface area contributed by atoms with Gasteiger partial charge in [-0.25, -0.2) is 13.6 Å². The van der Waals surface area contributed by atoms with Gasteiger partial charge in [-0.3, -0.25) is 0 Å². The van der Waals surface area contributed by atoms with Gasteiger partial charge in [0.05, 0.1) is 6.54 Å². The molecule has 0 aromatic rings. The summed E-state index contributed by atoms with van der Waals surface area (Å²) in [6.07, 6.45) is 2.21. The Morgan fingerprint density at radius 2 is 2.05 bits per heavy atom. The summed E-state index contributed by atoms with van der Waals surface area (Å²) in [5.74, 6) is -3.13. The van der Waals surface area contributed by atoms with Crippen LogP contribution in [0, 0.1) is 0 Å². The Hall–Kier alpha value is -0.950. The molecule has 1 aliphatic rings. The minimum Gasteiger partial charge on any atom is -0.444 e. The molecule has 21 heavy (non-hydrogen) atoms. The van der Waals surface area contributed by atoms with Gasteiger partial charge in [0, 0.05) is 19.1 Å². The van der Waals surface area contributed by atoms with Gasteiger partial charge < -0.3 is 20.1 Å². The normalized spacial score (nSPS) is 20.5. The number of amides is 1. The molecule has 5 nitrogen and oxygen atoms in total. The summed E-state index contributed by atoms with van der Waals surface area (Å²) in [6, 6.07) is -0.150. The highest BCUT2D eigenvalue weighted by atomic mass is 19.3. The van der Waals surface area contributed by atoms with Crippen LogP contribution in [0.15, 0.2) is 0 Å². The number of aliphatic hydroxyl groups is 1. The van der Waals surface area contributed by atoms with Gasteiger partial charge in [-0.1, -0.05) is 0 Å². The molecule has 1 atom stereocenters. The number of alkyl halides is 2. The van der Waals surface area contributed by atoms with Crippen molar-refractivity contribution in [1.82, 2.24) is 10.2 Å². The number of likely N-dealkylation sites (tertiary alicyclic amines) is 1. The first-order chi connectivity index (χ1) is 9.64. The Bertz CT molecular complexity index is 346. The van der Waals surface area contributed by atoms with E-state index in [1.807, 2.05) is 0 Å². The van der Waals surface area contributed by atoms with Gasteiger partial charge in [0.2, 0.25) is 0 Å². The SMILES string of the molecule is CC(C)(C)OC(=O)N1CCCCC1CNCC(F)(F)CO. The van der Waals surface area contributed by atoms with Gasteiger partial charge in [0.15, 0.2) is 0 Å². The van der Waals surface area contributed by atoms with Crippen molar-refractivity contribution in [3.63, 3.8) is 0 Å². The van der Waals surface area contributed by atoms with Crippen molar-refractivity contribution in [2.75, 3.05) is 26.2 Å². The van der Waals surface area contributed by atoms with Crippen LogP contribution in [0.3, 0.4) is 0 Å². The lowest BCUT2D eigenvalue weighted by atomic mass is 10.0. The molecule has 2 N–H and O–H groups in total. The van der Waals surface area contributed by atoms with Gasteiger partial charge in [-0.05, 0) is 40.0 Å². The number of piperidine rings is 1. The van der Waals surface area contributed by atoms with Crippen LogP contribution in [0.25, 0.3) is 0 Å². The van der Waals surface area contributed by atoms with E-state index in [0.717, 1.165) is 19.3 Å². The maximum absolute atomic E-state index is 13.0. The smallest absolute Gasteiger partial charge is 0.410 e. The second-order valence-electron chi connectivity index (χ2n) is 6.47. The van der Waals surface area contributed by atoms with E-state index in [4.69, 9.17) is 9.84 Å². The van der Waals surface area contributed by atoms with Crippen LogP contribution < -0.4 is 5.32 Å². The van der Waals surface area contributed by atoms with E-state index in [0.29, 0.717) is 6.54 Å². The number of halogens is 2. The first-order valence-corrected chi connectivity index (χ1v) is 7.34. The van der Waals surface area contributed by atoms with Crippen LogP contribution in [0.5, 0.6) is 0 Å². The molecule has 1 aliphatic heterocycles. The van der Waals surface area contributed by atoms with Gasteiger partial charge in [-0.2, -0.15) is 0 Å². The topological polar surface area (TPSA) is 61.8 Å². The minimum atomic E-state index is -3.13. The third-order valence-corrected chi connectivity index (χ3v) is 3.25. The average molecular weight is 308 g/mol. The van der Waals surface area contributed by atoms with Crippen LogP contribution in [-0.2, 0) is 4.74 Å². The standard InChI is InChI=1S/C14H26F2N2O3/c1-13(2,3)21-12(20)18-7-5-4-6-11(18)8-17-9-14(15,16)10-19/h11,17,19H,4-10H2,1-3H3. The molecule has 0 radical (unpaired) electrons. The van der Waals surface area contributed by atoms with Crippen molar-refractivity contribution < 1.29 is 23.4 Å². The molecule has 1 rings (SSSR count). The van der Waals surface area contributed by atoms with E-state index in [1.54, 1.807) is 25.7 Å². The monoisotopic (exact) mass is 308 g/mol. The quantitative estimate of drug-likeness (QED) is 0.815. The number of aliphatic hydroxyl groups excluding tert-OH is 1. The van der Waals surface area contributed by atoms with Crippen LogP contribution in [-0.4, -0.2) is 59.9 Å². The van der Waals surface area contributed by atoms with E-state index in [-0.39, 0.29) is 12.6 Å². The number of nitrogens with one attached hydrogen (secondary N) is 1. The molecule has 0 bridgehead atoms. The van der Waals surface area contributed by atoms with Gasteiger partial charge in [-0.15, -0.1) is 0 Å². The molecule has 1 fully saturated rings. The molecule has 1 unspecified atom stereocenters. The Labute approximate surface area is 124 Å². The first kappa shape index (κ1) is 18.1. The predicted molar refractivity (Wildman–Crippen MR) is 75.5 cm³/mol. The molecule has 1 amide bonds. The van der Waals surface area contributed by atoms with Crippen LogP contribution in [0.4, 0.5) is 13.6 Å². The summed E-state index contributed by atoms with van der Waals surface area (Å²) in [4.78, 5) is 13.7. The highest BCUT2D eigenvalue weighted by Gasteiger charge is 2.32. The third-order valence-electron chi connectivity index (χ3n) is 3.25. The molecule has 0 spiro atoms. The first-order valence-electron chi connectivity index (χ1n) is 7.34. The molecule has 124 valence electrons. The lowest BCUT2D eigenvalue weighted by Crippen LogP contribution is -2.51. The zero-order chi connectivity index (χ0) is 16.1. The van der Waals surface area contributed by atoms with E-state index < -0.39 is 30.8 Å². The van der Waals surface area contributed by atoms with Gasteiger partial charge in [0.25, 0.3) is 5.92 Å². The lowest BCUT2D eigenvalue weighted by molar-refractivity contribution is -0.0488. The molecule has 1 heterocycles. The van der Waals surface area contributed by atoms with Crippen molar-refractivity contribution in [3.05, 3.63) is 0 Å². The Balaban J connectivity index is 2.51. The van der Waals surface area contributed by atoms with Crippen LogP contribution >= 0.6 is 0 Å². The number of hydrogen-bond acceptors (Lipinski definition) is 4. The largest absolute Gasteiger partial charge is 0.444 e. The number of ether oxygens (including phenoxy) is 1. The number of hydrogen-bond donors (Lipinski definition) is 2. The fraction of sp³-hybridized carbons (Fsp3) is 0.929. The molecule has 1 saturated heterocycles. The maximum atomic E-state index is 13.0. The molecule has 0 aromatic heterocycles. The molecular formula is C14H26F2N2O3. The number of nitrogens with zero attached hydrogens (tertiary/aromatic N) is 1. The fourth-order valence-corrected chi connectivity index (χ4v) is 2.25. The zero-order valence-electron chi connectivity index (χ0n) is 13.0. The van der Waals surface area contributed by atoms with Crippen LogP contribution in [0.1, 0.15) is 40.0 Å². The molecule has 0 aromatic carbocycles. The zero-order valence-corrected chi connectivity index (χ0v) is 13.0. The van der Waals surface area contributed by atoms with E-state index >= 15 is 0 Å². The van der Waals surface area contributed by atoms with E-state index in [9.17, 15) is 13.6 Å². The second-order valence-corrected chi connectivity index (χ2v) is 6.47. The molecule has 7 heteroatoms. The van der Waals surface area contributed by atoms with Crippen LogP contribution in [0.2, 0.25) is 0 Å². The molecular weight excluding hydrogens is 282 g/mol. The summed E-state index contributed by atoms with van der Waals surface area (Å²) in [7, 11) is 0. The van der Waals surface area contributed by atoms with Gasteiger partial charge in [0.1, 0.15) is 12.2 Å². The lowest BCUT2D eigenvalue weighted by Gasteiger charge is -2.37. The highest BCUT2D eigenvalue weighted by Crippen LogP contribution is 2.20. The van der Waals surface area contributed by atoms with Crippen molar-refractivity contribution in [2.45, 2.75) is 57.6 Å². The predicted octanol–water partition coefficient (Wildman–Crippen LogP) is 1.99. The van der Waals surface area contributed by atoms with Crippen molar-refractivity contribution in [2.24, 2.45) is 0 Å². The molecule has 0 saturated carbocycles. The van der Waals surface area contributed by atoms with E-state index in [1.165, 1.54) is 0 Å². The second kappa shape index (κ2) is 7.35. The Kier molecular flexibility index (Phi) is 6.34. The Morgan fingerprint density at radius 1 is 1.38 bits per heavy atom. The summed E-state index contributed by atoms with van der Waals surface area (Å²) < 4.78 is 31.3. The van der Waals surface area contributed by atoms with E-state index in [2.05, 4.69) is 5.32 Å². The number of carbonyl (C=O) groups excluding carboxylic acids is 1. The third kappa shape index (κ3) is 6.56. The maximum Gasteiger partial charge on any atom is 0.410 e. The summed E-state index contributed by atoms with van der Waals surface area (Å²) in [5.41, 5.74) is -0.573. The summed E-state index contributed by atoms with van der Waals surface area (Å²) >= 11 is 0. The fourth-order valence-electron chi connectivity index (χ4n) is 2.25. The van der Waals surface area contributed by atoms with Crippen molar-refractivity contribution in [3.8, 4) is 0 Å². The van der Waals surface area contributed by atoms with Crippen molar-refractivity contribution in [1.29, 1.82) is 0 Å². The molecule has 0 aliphatic carbocycles. The minimum absolute atomic E-state index is 0.150. The highest BCUT2D eigenvalue weighted by molar-refractivity contribution is 5.68. The number of carbonyl (C=O) groups is 1.